The number of ketones is 1. The fourth-order valence-electron chi connectivity index (χ4n) is 2.99. The van der Waals surface area contributed by atoms with Gasteiger partial charge in [-0.15, -0.1) is 0 Å². The number of carbonyl (C=O) groups excluding carboxylic acids is 2. The van der Waals surface area contributed by atoms with Gasteiger partial charge in [0.1, 0.15) is 0 Å². The molecule has 2 aromatic carbocycles. The quantitative estimate of drug-likeness (QED) is 0.834. The average Bonchev–Trinajstić information content (AvgIpc) is 2.48. The van der Waals surface area contributed by atoms with Gasteiger partial charge in [0.15, 0.2) is 5.78 Å². The van der Waals surface area contributed by atoms with Crippen LogP contribution < -0.4 is 5.32 Å². The van der Waals surface area contributed by atoms with Gasteiger partial charge in [0.2, 0.25) is 5.91 Å². The van der Waals surface area contributed by atoms with Crippen LogP contribution in [0.15, 0.2) is 48.5 Å². The van der Waals surface area contributed by atoms with Crippen molar-refractivity contribution < 1.29 is 9.59 Å². The molecular formula is C19H18ClNO2. The summed E-state index contributed by atoms with van der Waals surface area (Å²) in [6.45, 7) is 1.53. The fraction of sp³-hybridized carbons (Fsp3) is 0.263. The first-order valence-electron chi connectivity index (χ1n) is 7.70. The van der Waals surface area contributed by atoms with Crippen molar-refractivity contribution in [2.45, 2.75) is 31.6 Å². The first-order valence-corrected chi connectivity index (χ1v) is 8.08. The van der Waals surface area contributed by atoms with Crippen molar-refractivity contribution in [1.29, 1.82) is 0 Å². The summed E-state index contributed by atoms with van der Waals surface area (Å²) in [5.41, 5.74) is 1.88. The highest BCUT2D eigenvalue weighted by Gasteiger charge is 2.45. The molecule has 0 unspecified atom stereocenters. The third-order valence-electron chi connectivity index (χ3n) is 4.59. The van der Waals surface area contributed by atoms with Crippen molar-refractivity contribution in [3.63, 3.8) is 0 Å². The molecule has 1 amide bonds. The lowest BCUT2D eigenvalue weighted by Crippen LogP contribution is -2.45. The second-order valence-corrected chi connectivity index (χ2v) is 6.47. The highest BCUT2D eigenvalue weighted by molar-refractivity contribution is 6.30. The summed E-state index contributed by atoms with van der Waals surface area (Å²) in [5.74, 6) is 0.0150. The summed E-state index contributed by atoms with van der Waals surface area (Å²) >= 11 is 5.94. The summed E-state index contributed by atoms with van der Waals surface area (Å²) in [6.07, 6.45) is 2.72. The molecule has 0 heterocycles. The Morgan fingerprint density at radius 2 is 1.61 bits per heavy atom. The van der Waals surface area contributed by atoms with Crippen LogP contribution in [0.3, 0.4) is 0 Å². The van der Waals surface area contributed by atoms with Gasteiger partial charge in [0.25, 0.3) is 0 Å². The standard InChI is InChI=1S/C19H18ClNO2/c1-13(22)14-3-9-17(10-4-14)21-18(23)19(11-2-12-19)15-5-7-16(20)8-6-15/h3-10H,2,11-12H2,1H3,(H,21,23). The van der Waals surface area contributed by atoms with Gasteiger partial charge in [0, 0.05) is 16.3 Å². The number of Topliss-reactive ketones (excluding diaryl/α,β-unsaturated/α-hetero) is 1. The number of hydrogen-bond acceptors (Lipinski definition) is 2. The molecule has 2 aromatic rings. The maximum atomic E-state index is 12.8. The van der Waals surface area contributed by atoms with Crippen molar-refractivity contribution in [3.05, 3.63) is 64.7 Å². The molecular weight excluding hydrogens is 310 g/mol. The predicted molar refractivity (Wildman–Crippen MR) is 92.1 cm³/mol. The number of rotatable bonds is 4. The minimum absolute atomic E-state index is 0.00153. The van der Waals surface area contributed by atoms with E-state index in [2.05, 4.69) is 5.32 Å². The van der Waals surface area contributed by atoms with Crippen molar-refractivity contribution >= 4 is 29.0 Å². The molecule has 0 saturated heterocycles. The summed E-state index contributed by atoms with van der Waals surface area (Å²) in [4.78, 5) is 24.1. The Morgan fingerprint density at radius 3 is 2.09 bits per heavy atom. The molecule has 4 heteroatoms. The van der Waals surface area contributed by atoms with Gasteiger partial charge in [0.05, 0.1) is 5.41 Å². The second-order valence-electron chi connectivity index (χ2n) is 6.03. The molecule has 1 fully saturated rings. The fourth-order valence-corrected chi connectivity index (χ4v) is 3.11. The monoisotopic (exact) mass is 327 g/mol. The normalized spacial score (nSPS) is 15.6. The van der Waals surface area contributed by atoms with Crippen molar-refractivity contribution in [2.75, 3.05) is 5.32 Å². The van der Waals surface area contributed by atoms with Crippen LogP contribution in [0.4, 0.5) is 5.69 Å². The van der Waals surface area contributed by atoms with E-state index in [-0.39, 0.29) is 11.7 Å². The van der Waals surface area contributed by atoms with Gasteiger partial charge >= 0.3 is 0 Å². The van der Waals surface area contributed by atoms with Crippen LogP contribution in [0.5, 0.6) is 0 Å². The van der Waals surface area contributed by atoms with E-state index in [1.165, 1.54) is 6.92 Å². The lowest BCUT2D eigenvalue weighted by molar-refractivity contribution is -0.124. The van der Waals surface area contributed by atoms with Crippen LogP contribution in [-0.2, 0) is 10.2 Å². The first kappa shape index (κ1) is 15.8. The average molecular weight is 328 g/mol. The zero-order valence-electron chi connectivity index (χ0n) is 12.9. The van der Waals surface area contributed by atoms with Gasteiger partial charge in [-0.3, -0.25) is 9.59 Å². The van der Waals surface area contributed by atoms with E-state index < -0.39 is 5.41 Å². The first-order chi connectivity index (χ1) is 11.0. The highest BCUT2D eigenvalue weighted by atomic mass is 35.5. The second kappa shape index (κ2) is 6.17. The topological polar surface area (TPSA) is 46.2 Å². The van der Waals surface area contributed by atoms with Gasteiger partial charge in [-0.1, -0.05) is 30.2 Å². The summed E-state index contributed by atoms with van der Waals surface area (Å²) in [6, 6.07) is 14.5. The molecule has 1 aliphatic carbocycles. The number of nitrogens with one attached hydrogen (secondary N) is 1. The molecule has 3 rings (SSSR count). The maximum Gasteiger partial charge on any atom is 0.235 e. The van der Waals surface area contributed by atoms with Gasteiger partial charge in [-0.2, -0.15) is 0 Å². The minimum Gasteiger partial charge on any atom is -0.325 e. The Balaban J connectivity index is 1.80. The number of anilines is 1. The van der Waals surface area contributed by atoms with Gasteiger partial charge < -0.3 is 5.32 Å². The lowest BCUT2D eigenvalue weighted by Gasteiger charge is -2.40. The number of hydrogen-bond donors (Lipinski definition) is 1. The molecule has 1 aliphatic rings. The molecule has 0 atom stereocenters. The zero-order chi connectivity index (χ0) is 16.4. The Labute approximate surface area is 140 Å². The Morgan fingerprint density at radius 1 is 1.00 bits per heavy atom. The summed E-state index contributed by atoms with van der Waals surface area (Å²) in [7, 11) is 0. The molecule has 0 aliphatic heterocycles. The molecule has 0 bridgehead atoms. The van der Waals surface area contributed by atoms with Crippen molar-refractivity contribution in [1.82, 2.24) is 0 Å². The largest absolute Gasteiger partial charge is 0.325 e. The molecule has 1 N–H and O–H groups in total. The van der Waals surface area contributed by atoms with E-state index >= 15 is 0 Å². The molecule has 0 aromatic heterocycles. The van der Waals surface area contributed by atoms with E-state index in [0.717, 1.165) is 24.8 Å². The minimum atomic E-state index is -0.468. The van der Waals surface area contributed by atoms with Crippen LogP contribution in [-0.4, -0.2) is 11.7 Å². The van der Waals surface area contributed by atoms with E-state index in [4.69, 9.17) is 11.6 Å². The van der Waals surface area contributed by atoms with Crippen molar-refractivity contribution in [2.24, 2.45) is 0 Å². The van der Waals surface area contributed by atoms with E-state index in [1.807, 2.05) is 24.3 Å². The summed E-state index contributed by atoms with van der Waals surface area (Å²) in [5, 5.41) is 3.65. The molecule has 0 spiro atoms. The Kier molecular flexibility index (Phi) is 4.22. The van der Waals surface area contributed by atoms with Crippen LogP contribution in [0.2, 0.25) is 5.02 Å². The smallest absolute Gasteiger partial charge is 0.235 e. The summed E-state index contributed by atoms with van der Waals surface area (Å²) < 4.78 is 0. The Bertz CT molecular complexity index is 731. The number of halogens is 1. The molecule has 0 radical (unpaired) electrons. The van der Waals surface area contributed by atoms with Crippen molar-refractivity contribution in [3.8, 4) is 0 Å². The van der Waals surface area contributed by atoms with Gasteiger partial charge in [-0.25, -0.2) is 0 Å². The molecule has 23 heavy (non-hydrogen) atoms. The van der Waals surface area contributed by atoms with E-state index in [0.29, 0.717) is 16.3 Å². The predicted octanol–water partition coefficient (Wildman–Crippen LogP) is 4.60. The lowest BCUT2D eigenvalue weighted by atomic mass is 9.64. The van der Waals surface area contributed by atoms with E-state index in [1.54, 1.807) is 24.3 Å². The van der Waals surface area contributed by atoms with Crippen LogP contribution in [0.25, 0.3) is 0 Å². The highest BCUT2D eigenvalue weighted by Crippen LogP contribution is 2.44. The number of amides is 1. The number of carbonyl (C=O) groups is 2. The number of benzene rings is 2. The van der Waals surface area contributed by atoms with Crippen LogP contribution >= 0.6 is 11.6 Å². The third kappa shape index (κ3) is 3.02. The molecule has 1 saturated carbocycles. The SMILES string of the molecule is CC(=O)c1ccc(NC(=O)C2(c3ccc(Cl)cc3)CCC2)cc1. The molecule has 118 valence electrons. The molecule has 3 nitrogen and oxygen atoms in total. The van der Waals surface area contributed by atoms with Crippen LogP contribution in [0, 0.1) is 0 Å². The van der Waals surface area contributed by atoms with E-state index in [9.17, 15) is 9.59 Å². The maximum absolute atomic E-state index is 12.8. The third-order valence-corrected chi connectivity index (χ3v) is 4.84. The van der Waals surface area contributed by atoms with Gasteiger partial charge in [-0.05, 0) is 61.7 Å². The van der Waals surface area contributed by atoms with Crippen LogP contribution in [0.1, 0.15) is 42.1 Å². The zero-order valence-corrected chi connectivity index (χ0v) is 13.7. The Hall–Kier alpha value is -2.13.